The second kappa shape index (κ2) is 9.25. The molecule has 5 nitrogen and oxygen atoms in total. The first-order valence-corrected chi connectivity index (χ1v) is 8.59. The molecule has 0 aliphatic carbocycles. The lowest BCUT2D eigenvalue weighted by molar-refractivity contribution is -0.137. The van der Waals surface area contributed by atoms with Gasteiger partial charge >= 0.3 is 6.18 Å². The van der Waals surface area contributed by atoms with Crippen LogP contribution in [0.15, 0.2) is 42.5 Å². The molecule has 8 heteroatoms. The van der Waals surface area contributed by atoms with Crippen LogP contribution in [0.3, 0.4) is 0 Å². The highest BCUT2D eigenvalue weighted by molar-refractivity contribution is 5.94. The maximum atomic E-state index is 12.5. The molecule has 0 unspecified atom stereocenters. The van der Waals surface area contributed by atoms with Crippen LogP contribution >= 0.6 is 0 Å². The van der Waals surface area contributed by atoms with Crippen molar-refractivity contribution in [3.8, 4) is 5.75 Å². The standard InChI is InChI=1S/C20H21F3N2O3/c1-13-4-3-5-17(14(13)2)28-12-18(26)24-10-11-25-19(27)15-6-8-16(9-7-15)20(21,22)23/h3-9H,10-12H2,1-2H3,(H,24,26)(H,25,27). The Hall–Kier alpha value is -3.03. The molecule has 2 amide bonds. The van der Waals surface area contributed by atoms with Gasteiger partial charge in [-0.05, 0) is 55.3 Å². The number of aryl methyl sites for hydroxylation is 1. The monoisotopic (exact) mass is 394 g/mol. The number of ether oxygens (including phenoxy) is 1. The Morgan fingerprint density at radius 2 is 1.61 bits per heavy atom. The van der Waals surface area contributed by atoms with E-state index in [0.29, 0.717) is 5.75 Å². The van der Waals surface area contributed by atoms with Gasteiger partial charge in [0.2, 0.25) is 0 Å². The molecule has 0 spiro atoms. The second-order valence-corrected chi connectivity index (χ2v) is 6.17. The number of hydrogen-bond donors (Lipinski definition) is 2. The maximum absolute atomic E-state index is 12.5. The topological polar surface area (TPSA) is 67.4 Å². The lowest BCUT2D eigenvalue weighted by Crippen LogP contribution is -2.36. The number of carbonyl (C=O) groups excluding carboxylic acids is 2. The van der Waals surface area contributed by atoms with Crippen molar-refractivity contribution in [2.45, 2.75) is 20.0 Å². The van der Waals surface area contributed by atoms with E-state index in [9.17, 15) is 22.8 Å². The van der Waals surface area contributed by atoms with Crippen molar-refractivity contribution in [2.24, 2.45) is 0 Å². The van der Waals surface area contributed by atoms with Crippen molar-refractivity contribution in [1.82, 2.24) is 10.6 Å². The molecule has 0 aromatic heterocycles. The van der Waals surface area contributed by atoms with Gasteiger partial charge in [0.25, 0.3) is 11.8 Å². The smallest absolute Gasteiger partial charge is 0.416 e. The Kier molecular flexibility index (Phi) is 7.03. The molecule has 0 aliphatic rings. The summed E-state index contributed by atoms with van der Waals surface area (Å²) in [6.45, 7) is 3.99. The zero-order valence-corrected chi connectivity index (χ0v) is 15.5. The lowest BCUT2D eigenvalue weighted by atomic mass is 10.1. The van der Waals surface area contributed by atoms with Crippen molar-refractivity contribution < 1.29 is 27.5 Å². The largest absolute Gasteiger partial charge is 0.483 e. The minimum absolute atomic E-state index is 0.109. The van der Waals surface area contributed by atoms with Gasteiger partial charge < -0.3 is 15.4 Å². The molecule has 2 rings (SSSR count). The third kappa shape index (κ3) is 6.00. The van der Waals surface area contributed by atoms with Crippen LogP contribution in [-0.4, -0.2) is 31.5 Å². The third-order valence-corrected chi connectivity index (χ3v) is 4.12. The molecule has 0 fully saturated rings. The van der Waals surface area contributed by atoms with Gasteiger partial charge in [-0.25, -0.2) is 0 Å². The zero-order valence-electron chi connectivity index (χ0n) is 15.5. The summed E-state index contributed by atoms with van der Waals surface area (Å²) in [5.41, 5.74) is 1.31. The van der Waals surface area contributed by atoms with Gasteiger partial charge in [0, 0.05) is 18.7 Å². The third-order valence-electron chi connectivity index (χ3n) is 4.12. The molecule has 0 saturated heterocycles. The van der Waals surface area contributed by atoms with E-state index in [-0.39, 0.29) is 31.2 Å². The van der Waals surface area contributed by atoms with Gasteiger partial charge in [0.05, 0.1) is 5.56 Å². The van der Waals surface area contributed by atoms with Crippen molar-refractivity contribution in [2.75, 3.05) is 19.7 Å². The predicted molar refractivity (Wildman–Crippen MR) is 98.2 cm³/mol. The van der Waals surface area contributed by atoms with E-state index in [2.05, 4.69) is 10.6 Å². The lowest BCUT2D eigenvalue weighted by Gasteiger charge is -2.11. The molecule has 0 heterocycles. The van der Waals surface area contributed by atoms with Crippen LogP contribution in [-0.2, 0) is 11.0 Å². The molecule has 0 radical (unpaired) electrons. The summed E-state index contributed by atoms with van der Waals surface area (Å²) in [7, 11) is 0. The number of rotatable bonds is 7. The molecule has 150 valence electrons. The number of alkyl halides is 3. The van der Waals surface area contributed by atoms with Crippen LogP contribution in [0.4, 0.5) is 13.2 Å². The van der Waals surface area contributed by atoms with Gasteiger partial charge in [-0.1, -0.05) is 12.1 Å². The number of halogens is 3. The molecule has 0 aliphatic heterocycles. The number of hydrogen-bond acceptors (Lipinski definition) is 3. The van der Waals surface area contributed by atoms with E-state index in [4.69, 9.17) is 4.74 Å². The van der Waals surface area contributed by atoms with Crippen molar-refractivity contribution in [3.63, 3.8) is 0 Å². The first-order valence-electron chi connectivity index (χ1n) is 8.59. The van der Waals surface area contributed by atoms with E-state index in [1.165, 1.54) is 0 Å². The Morgan fingerprint density at radius 1 is 0.964 bits per heavy atom. The fraction of sp³-hybridized carbons (Fsp3) is 0.300. The zero-order chi connectivity index (χ0) is 20.7. The van der Waals surface area contributed by atoms with E-state index in [0.717, 1.165) is 35.4 Å². The first kappa shape index (κ1) is 21.3. The summed E-state index contributed by atoms with van der Waals surface area (Å²) in [4.78, 5) is 23.7. The van der Waals surface area contributed by atoms with Crippen LogP contribution in [0.1, 0.15) is 27.0 Å². The normalized spacial score (nSPS) is 11.0. The van der Waals surface area contributed by atoms with Crippen LogP contribution in [0.5, 0.6) is 5.75 Å². The van der Waals surface area contributed by atoms with Crippen LogP contribution in [0.25, 0.3) is 0 Å². The molecular formula is C20H21F3N2O3. The number of nitrogens with one attached hydrogen (secondary N) is 2. The molecule has 2 N–H and O–H groups in total. The van der Waals surface area contributed by atoms with E-state index < -0.39 is 17.6 Å². The fourth-order valence-corrected chi connectivity index (χ4v) is 2.37. The van der Waals surface area contributed by atoms with Gasteiger partial charge in [0.1, 0.15) is 5.75 Å². The number of benzene rings is 2. The quantitative estimate of drug-likeness (QED) is 0.709. The van der Waals surface area contributed by atoms with Crippen LogP contribution in [0.2, 0.25) is 0 Å². The van der Waals surface area contributed by atoms with E-state index in [1.807, 2.05) is 26.0 Å². The SMILES string of the molecule is Cc1cccc(OCC(=O)NCCNC(=O)c2ccc(C(F)(F)F)cc2)c1C. The first-order chi connectivity index (χ1) is 13.2. The Morgan fingerprint density at radius 3 is 2.25 bits per heavy atom. The second-order valence-electron chi connectivity index (χ2n) is 6.17. The highest BCUT2D eigenvalue weighted by atomic mass is 19.4. The molecular weight excluding hydrogens is 373 g/mol. The van der Waals surface area contributed by atoms with Crippen LogP contribution < -0.4 is 15.4 Å². The molecule has 28 heavy (non-hydrogen) atoms. The van der Waals surface area contributed by atoms with E-state index >= 15 is 0 Å². The summed E-state index contributed by atoms with van der Waals surface area (Å²) >= 11 is 0. The average Bonchev–Trinajstić information content (AvgIpc) is 2.65. The molecule has 0 atom stereocenters. The van der Waals surface area contributed by atoms with Crippen LogP contribution in [0, 0.1) is 13.8 Å². The Balaban J connectivity index is 1.71. The van der Waals surface area contributed by atoms with Gasteiger partial charge in [-0.15, -0.1) is 0 Å². The number of amides is 2. The number of carbonyl (C=O) groups is 2. The maximum Gasteiger partial charge on any atom is 0.416 e. The molecule has 0 bridgehead atoms. The average molecular weight is 394 g/mol. The highest BCUT2D eigenvalue weighted by Gasteiger charge is 2.30. The fourth-order valence-electron chi connectivity index (χ4n) is 2.37. The van der Waals surface area contributed by atoms with Crippen molar-refractivity contribution in [1.29, 1.82) is 0 Å². The van der Waals surface area contributed by atoms with E-state index in [1.54, 1.807) is 6.07 Å². The molecule has 0 saturated carbocycles. The molecule has 2 aromatic rings. The summed E-state index contributed by atoms with van der Waals surface area (Å²) in [5.74, 6) is -0.231. The van der Waals surface area contributed by atoms with Crippen molar-refractivity contribution in [3.05, 3.63) is 64.7 Å². The predicted octanol–water partition coefficient (Wildman–Crippen LogP) is 3.25. The summed E-state index contributed by atoms with van der Waals surface area (Å²) in [6.07, 6.45) is -4.45. The minimum Gasteiger partial charge on any atom is -0.483 e. The highest BCUT2D eigenvalue weighted by Crippen LogP contribution is 2.29. The Bertz CT molecular complexity index is 834. The summed E-state index contributed by atoms with van der Waals surface area (Å²) in [6, 6.07) is 9.47. The summed E-state index contributed by atoms with van der Waals surface area (Å²) in [5, 5.41) is 5.12. The van der Waals surface area contributed by atoms with Gasteiger partial charge in [0.15, 0.2) is 6.61 Å². The van der Waals surface area contributed by atoms with Gasteiger partial charge in [-0.3, -0.25) is 9.59 Å². The van der Waals surface area contributed by atoms with Gasteiger partial charge in [-0.2, -0.15) is 13.2 Å². The minimum atomic E-state index is -4.45. The van der Waals surface area contributed by atoms with Crippen molar-refractivity contribution >= 4 is 11.8 Å². The summed E-state index contributed by atoms with van der Waals surface area (Å²) < 4.78 is 43.0. The molecule has 2 aromatic carbocycles. The Labute approximate surface area is 160 Å².